The van der Waals surface area contributed by atoms with E-state index in [9.17, 15) is 0 Å². The largest absolute Gasteiger partial charge is 0.463 e. The Morgan fingerprint density at radius 1 is 1.00 bits per heavy atom. The molecule has 31 heavy (non-hydrogen) atoms. The van der Waals surface area contributed by atoms with Crippen LogP contribution >= 0.6 is 0 Å². The molecule has 3 heterocycles. The Bertz CT molecular complexity index is 1310. The second kappa shape index (κ2) is 6.07. The maximum absolute atomic E-state index is 5.70. The maximum Gasteiger partial charge on any atom is 0.154 e. The number of furan rings is 1. The molecule has 2 bridgehead atoms. The molecule has 3 saturated carbocycles. The van der Waals surface area contributed by atoms with Crippen LogP contribution in [0.5, 0.6) is 0 Å². The molecule has 2 aromatic carbocycles. The van der Waals surface area contributed by atoms with Gasteiger partial charge in [-0.3, -0.25) is 9.56 Å². The fourth-order valence-corrected chi connectivity index (χ4v) is 5.80. The van der Waals surface area contributed by atoms with Crippen molar-refractivity contribution in [2.24, 2.45) is 10.9 Å². The fraction of sp³-hybridized carbons (Fsp3) is 0.259. The van der Waals surface area contributed by atoms with Gasteiger partial charge in [0.15, 0.2) is 5.76 Å². The summed E-state index contributed by atoms with van der Waals surface area (Å²) in [7, 11) is 0. The van der Waals surface area contributed by atoms with Crippen molar-refractivity contribution in [2.45, 2.75) is 37.6 Å². The van der Waals surface area contributed by atoms with Crippen LogP contribution in [0.25, 0.3) is 17.1 Å². The van der Waals surface area contributed by atoms with Crippen molar-refractivity contribution in [2.75, 3.05) is 0 Å². The number of fused-ring (bicyclic) bond motifs is 3. The second-order valence-corrected chi connectivity index (χ2v) is 9.34. The van der Waals surface area contributed by atoms with E-state index in [2.05, 4.69) is 60.0 Å². The van der Waals surface area contributed by atoms with E-state index in [-0.39, 0.29) is 6.04 Å². The SMILES string of the molecule is C[C@H]1N=C(c2ccccc2)c2cc(C34CC(C3)C4)ccc2-n2cnc(-c3ccco3)c21. The minimum atomic E-state index is -0.0522. The lowest BCUT2D eigenvalue weighted by atomic mass is 9.42. The number of imidazole rings is 1. The van der Waals surface area contributed by atoms with Gasteiger partial charge in [-0.25, -0.2) is 4.98 Å². The van der Waals surface area contributed by atoms with Crippen LogP contribution in [0.1, 0.15) is 54.6 Å². The molecule has 3 fully saturated rings. The summed E-state index contributed by atoms with van der Waals surface area (Å²) < 4.78 is 7.91. The Kier molecular flexibility index (Phi) is 3.39. The van der Waals surface area contributed by atoms with E-state index in [1.165, 1.54) is 30.4 Å². The summed E-state index contributed by atoms with van der Waals surface area (Å²) in [5.74, 6) is 1.74. The quantitative estimate of drug-likeness (QED) is 0.414. The van der Waals surface area contributed by atoms with Crippen molar-refractivity contribution < 1.29 is 4.42 Å². The Hall–Kier alpha value is -3.40. The van der Waals surface area contributed by atoms with Gasteiger partial charge < -0.3 is 4.42 Å². The summed E-state index contributed by atoms with van der Waals surface area (Å²) in [6.45, 7) is 2.15. The molecule has 0 spiro atoms. The number of aromatic nitrogens is 2. The minimum absolute atomic E-state index is 0.0522. The predicted molar refractivity (Wildman–Crippen MR) is 121 cm³/mol. The van der Waals surface area contributed by atoms with E-state index in [1.807, 2.05) is 18.5 Å². The molecular formula is C27H23N3O. The lowest BCUT2D eigenvalue weighted by Gasteiger charge is -2.62. The Morgan fingerprint density at radius 2 is 1.84 bits per heavy atom. The van der Waals surface area contributed by atoms with Gasteiger partial charge in [0.2, 0.25) is 0 Å². The Labute approximate surface area is 181 Å². The van der Waals surface area contributed by atoms with Crippen LogP contribution in [0.2, 0.25) is 0 Å². The summed E-state index contributed by atoms with van der Waals surface area (Å²) in [5.41, 5.74) is 8.38. The van der Waals surface area contributed by atoms with Crippen LogP contribution in [0, 0.1) is 5.92 Å². The molecule has 4 nitrogen and oxygen atoms in total. The van der Waals surface area contributed by atoms with Crippen LogP contribution in [0.15, 0.2) is 82.7 Å². The zero-order chi connectivity index (χ0) is 20.6. The zero-order valence-electron chi connectivity index (χ0n) is 17.5. The Morgan fingerprint density at radius 3 is 2.55 bits per heavy atom. The first-order valence-electron chi connectivity index (χ1n) is 11.1. The molecule has 1 atom stereocenters. The first kappa shape index (κ1) is 17.3. The van der Waals surface area contributed by atoms with Gasteiger partial charge in [-0.2, -0.15) is 0 Å². The molecule has 3 aliphatic carbocycles. The minimum Gasteiger partial charge on any atom is -0.463 e. The van der Waals surface area contributed by atoms with E-state index in [1.54, 1.807) is 6.26 Å². The van der Waals surface area contributed by atoms with Gasteiger partial charge in [0, 0.05) is 11.1 Å². The van der Waals surface area contributed by atoms with Gasteiger partial charge in [0.05, 0.1) is 29.4 Å². The van der Waals surface area contributed by atoms with Gasteiger partial charge in [0.1, 0.15) is 12.0 Å². The molecule has 8 rings (SSSR count). The molecule has 0 amide bonds. The van der Waals surface area contributed by atoms with Crippen molar-refractivity contribution in [3.05, 3.63) is 95.6 Å². The van der Waals surface area contributed by atoms with Crippen LogP contribution in [-0.2, 0) is 5.41 Å². The van der Waals surface area contributed by atoms with Gasteiger partial charge in [-0.1, -0.05) is 36.4 Å². The first-order valence-corrected chi connectivity index (χ1v) is 11.1. The standard InChI is InChI=1S/C27H23N3O/c1-17-26-25(23-8-5-11-31-23)28-16-30(26)22-10-9-20(27-13-18(14-27)15-27)12-21(22)24(29-17)19-6-3-2-4-7-19/h2-12,16-18H,13-15H2,1H3/t17-,18?,27?/m1/s1. The van der Waals surface area contributed by atoms with Crippen molar-refractivity contribution >= 4 is 5.71 Å². The monoisotopic (exact) mass is 405 g/mol. The summed E-state index contributed by atoms with van der Waals surface area (Å²) in [5, 5.41) is 0. The molecule has 0 saturated heterocycles. The summed E-state index contributed by atoms with van der Waals surface area (Å²) in [4.78, 5) is 10.0. The van der Waals surface area contributed by atoms with Gasteiger partial charge >= 0.3 is 0 Å². The summed E-state index contributed by atoms with van der Waals surface area (Å²) in [6.07, 6.45) is 7.66. The molecule has 0 unspecified atom stereocenters. The molecule has 4 heteroatoms. The number of aliphatic imine (C=N–C) groups is 1. The van der Waals surface area contributed by atoms with E-state index in [0.29, 0.717) is 5.41 Å². The topological polar surface area (TPSA) is 43.3 Å². The molecule has 4 aromatic rings. The highest BCUT2D eigenvalue weighted by molar-refractivity contribution is 6.15. The first-order chi connectivity index (χ1) is 15.2. The smallest absolute Gasteiger partial charge is 0.154 e. The highest BCUT2D eigenvalue weighted by atomic mass is 16.3. The molecular weight excluding hydrogens is 382 g/mol. The Balaban J connectivity index is 1.48. The molecule has 0 N–H and O–H groups in total. The van der Waals surface area contributed by atoms with Crippen LogP contribution in [0.4, 0.5) is 0 Å². The van der Waals surface area contributed by atoms with E-state index in [4.69, 9.17) is 14.4 Å². The van der Waals surface area contributed by atoms with Crippen molar-refractivity contribution in [3.8, 4) is 17.1 Å². The molecule has 1 aliphatic heterocycles. The van der Waals surface area contributed by atoms with Gasteiger partial charge in [-0.15, -0.1) is 0 Å². The summed E-state index contributed by atoms with van der Waals surface area (Å²) >= 11 is 0. The third-order valence-electron chi connectivity index (χ3n) is 7.49. The molecule has 152 valence electrons. The highest BCUT2D eigenvalue weighted by Crippen LogP contribution is 2.65. The highest BCUT2D eigenvalue weighted by Gasteiger charge is 2.57. The van der Waals surface area contributed by atoms with Crippen LogP contribution in [-0.4, -0.2) is 15.3 Å². The average molecular weight is 406 g/mol. The lowest BCUT2D eigenvalue weighted by molar-refractivity contribution is -0.0274. The van der Waals surface area contributed by atoms with E-state index >= 15 is 0 Å². The van der Waals surface area contributed by atoms with E-state index < -0.39 is 0 Å². The normalized spacial score (nSPS) is 25.5. The van der Waals surface area contributed by atoms with Crippen molar-refractivity contribution in [3.63, 3.8) is 0 Å². The molecule has 4 aliphatic rings. The predicted octanol–water partition coefficient (Wildman–Crippen LogP) is 6.10. The number of nitrogens with zero attached hydrogens (tertiary/aromatic N) is 3. The lowest BCUT2D eigenvalue weighted by Crippen LogP contribution is -2.55. The maximum atomic E-state index is 5.70. The second-order valence-electron chi connectivity index (χ2n) is 9.34. The summed E-state index contributed by atoms with van der Waals surface area (Å²) in [6, 6.07) is 21.4. The number of hydrogen-bond acceptors (Lipinski definition) is 3. The number of rotatable bonds is 3. The molecule has 0 radical (unpaired) electrons. The average Bonchev–Trinajstić information content (AvgIpc) is 3.38. The van der Waals surface area contributed by atoms with Gasteiger partial charge in [-0.05, 0) is 67.3 Å². The fourth-order valence-electron chi connectivity index (χ4n) is 5.80. The van der Waals surface area contributed by atoms with Gasteiger partial charge in [0.25, 0.3) is 0 Å². The number of hydrogen-bond donors (Lipinski definition) is 0. The third kappa shape index (κ3) is 2.36. The number of benzene rings is 2. The van der Waals surface area contributed by atoms with Crippen molar-refractivity contribution in [1.29, 1.82) is 0 Å². The molecule has 2 aromatic heterocycles. The van der Waals surface area contributed by atoms with Crippen LogP contribution in [0.3, 0.4) is 0 Å². The third-order valence-corrected chi connectivity index (χ3v) is 7.49. The van der Waals surface area contributed by atoms with Crippen molar-refractivity contribution in [1.82, 2.24) is 9.55 Å². The van der Waals surface area contributed by atoms with E-state index in [0.717, 1.165) is 40.0 Å². The van der Waals surface area contributed by atoms with Crippen LogP contribution < -0.4 is 0 Å². The zero-order valence-corrected chi connectivity index (χ0v) is 17.5.